The van der Waals surface area contributed by atoms with E-state index in [0.717, 1.165) is 11.1 Å². The van der Waals surface area contributed by atoms with E-state index in [1.54, 1.807) is 48.5 Å². The highest BCUT2D eigenvalue weighted by Crippen LogP contribution is 2.20. The number of aromatic nitrogens is 2. The zero-order chi connectivity index (χ0) is 23.9. The van der Waals surface area contributed by atoms with Crippen molar-refractivity contribution in [1.29, 1.82) is 5.26 Å². The Labute approximate surface area is 199 Å². The Morgan fingerprint density at radius 3 is 2.74 bits per heavy atom. The first-order valence-electron chi connectivity index (χ1n) is 10.1. The van der Waals surface area contributed by atoms with E-state index >= 15 is 0 Å². The minimum Gasteiger partial charge on any atom is -0.489 e. The number of ether oxygens (including phenoxy) is 1. The summed E-state index contributed by atoms with van der Waals surface area (Å²) in [7, 11) is 0. The number of hydrogen-bond donors (Lipinski definition) is 2. The van der Waals surface area contributed by atoms with E-state index in [1.165, 1.54) is 18.3 Å². The van der Waals surface area contributed by atoms with Gasteiger partial charge in [-0.25, -0.2) is 14.8 Å². The van der Waals surface area contributed by atoms with E-state index in [2.05, 4.69) is 20.5 Å². The van der Waals surface area contributed by atoms with Crippen LogP contribution in [-0.2, 0) is 6.61 Å². The van der Waals surface area contributed by atoms with Gasteiger partial charge in [0.15, 0.2) is 0 Å². The number of nitrogens with one attached hydrogen (secondary N) is 2. The minimum atomic E-state index is -0.564. The molecule has 0 bridgehead atoms. The van der Waals surface area contributed by atoms with E-state index in [9.17, 15) is 14.4 Å². The molecule has 3 aromatic carbocycles. The van der Waals surface area contributed by atoms with Gasteiger partial charge in [0.2, 0.25) is 5.95 Å². The van der Waals surface area contributed by atoms with Crippen molar-refractivity contribution >= 4 is 23.8 Å². The molecule has 0 radical (unpaired) electrons. The number of anilines is 1. The number of nitriles is 1. The van der Waals surface area contributed by atoms with Gasteiger partial charge in [-0.3, -0.25) is 9.78 Å². The topological polar surface area (TPSA) is 103 Å². The Morgan fingerprint density at radius 1 is 1.15 bits per heavy atom. The zero-order valence-corrected chi connectivity index (χ0v) is 18.4. The molecular weight excluding hydrogens is 457 g/mol. The van der Waals surface area contributed by atoms with Crippen molar-refractivity contribution in [1.82, 2.24) is 9.97 Å². The number of hydrazone groups is 1. The standard InChI is InChI=1S/C25H17ClFN5O2/c26-21-12-17(9-10-22(21)27)15-34-19-8-4-5-16(11-19)14-29-32-25-30-23(18-6-2-1-3-7-18)20(13-28)24(33)31-25/h1-12,14H,15H2,(H2,30,31,32,33). The minimum absolute atomic E-state index is 0.0398. The maximum Gasteiger partial charge on any atom is 0.270 e. The van der Waals surface area contributed by atoms with Crippen molar-refractivity contribution in [3.05, 3.63) is 111 Å². The van der Waals surface area contributed by atoms with E-state index in [-0.39, 0.29) is 28.8 Å². The summed E-state index contributed by atoms with van der Waals surface area (Å²) in [6.07, 6.45) is 1.53. The van der Waals surface area contributed by atoms with Gasteiger partial charge in [-0.05, 0) is 35.4 Å². The Kier molecular flexibility index (Phi) is 6.96. The summed E-state index contributed by atoms with van der Waals surface area (Å²) < 4.78 is 19.0. The maximum absolute atomic E-state index is 13.3. The molecule has 0 spiro atoms. The van der Waals surface area contributed by atoms with E-state index in [4.69, 9.17) is 16.3 Å². The molecule has 0 saturated heterocycles. The number of hydrogen-bond acceptors (Lipinski definition) is 6. The van der Waals surface area contributed by atoms with Gasteiger partial charge in [0.05, 0.1) is 16.9 Å². The molecule has 4 rings (SSSR count). The molecule has 0 aliphatic carbocycles. The van der Waals surface area contributed by atoms with Crippen LogP contribution >= 0.6 is 11.6 Å². The predicted molar refractivity (Wildman–Crippen MR) is 128 cm³/mol. The van der Waals surface area contributed by atoms with Crippen LogP contribution < -0.4 is 15.7 Å². The van der Waals surface area contributed by atoms with Crippen LogP contribution in [0.1, 0.15) is 16.7 Å². The number of rotatable bonds is 7. The van der Waals surface area contributed by atoms with Crippen LogP contribution in [0.3, 0.4) is 0 Å². The number of H-pyrrole nitrogens is 1. The van der Waals surface area contributed by atoms with Crippen molar-refractivity contribution in [2.24, 2.45) is 5.10 Å². The lowest BCUT2D eigenvalue weighted by molar-refractivity contribution is 0.306. The van der Waals surface area contributed by atoms with E-state index in [1.807, 2.05) is 18.2 Å². The fourth-order valence-electron chi connectivity index (χ4n) is 3.08. The van der Waals surface area contributed by atoms with Gasteiger partial charge in [0.25, 0.3) is 5.56 Å². The first-order chi connectivity index (χ1) is 16.5. The summed E-state index contributed by atoms with van der Waals surface area (Å²) in [5, 5.41) is 13.5. The number of halogens is 2. The molecule has 0 aliphatic heterocycles. The van der Waals surface area contributed by atoms with E-state index in [0.29, 0.717) is 11.3 Å². The maximum atomic E-state index is 13.3. The van der Waals surface area contributed by atoms with Crippen LogP contribution in [0.25, 0.3) is 11.3 Å². The van der Waals surface area contributed by atoms with Crippen LogP contribution in [-0.4, -0.2) is 16.2 Å². The lowest BCUT2D eigenvalue weighted by Gasteiger charge is -2.08. The van der Waals surface area contributed by atoms with Gasteiger partial charge in [0.1, 0.15) is 29.8 Å². The monoisotopic (exact) mass is 473 g/mol. The second kappa shape index (κ2) is 10.4. The summed E-state index contributed by atoms with van der Waals surface area (Å²) in [6.45, 7) is 0.220. The molecule has 2 N–H and O–H groups in total. The second-order valence-corrected chi connectivity index (χ2v) is 7.50. The van der Waals surface area contributed by atoms with Gasteiger partial charge in [-0.1, -0.05) is 60.1 Å². The summed E-state index contributed by atoms with van der Waals surface area (Å²) in [4.78, 5) is 19.2. The fraction of sp³-hybridized carbons (Fsp3) is 0.0400. The van der Waals surface area contributed by atoms with Gasteiger partial charge < -0.3 is 4.74 Å². The van der Waals surface area contributed by atoms with Crippen molar-refractivity contribution in [3.8, 4) is 23.1 Å². The molecule has 9 heteroatoms. The van der Waals surface area contributed by atoms with Crippen LogP contribution in [0.15, 0.2) is 82.7 Å². The van der Waals surface area contributed by atoms with Crippen LogP contribution in [0, 0.1) is 17.1 Å². The molecule has 0 fully saturated rings. The van der Waals surface area contributed by atoms with Gasteiger partial charge in [-0.15, -0.1) is 0 Å². The number of benzene rings is 3. The first kappa shape index (κ1) is 22.7. The lowest BCUT2D eigenvalue weighted by atomic mass is 10.1. The summed E-state index contributed by atoms with van der Waals surface area (Å²) in [5.41, 5.74) is 4.41. The van der Waals surface area contributed by atoms with Gasteiger partial charge in [-0.2, -0.15) is 10.4 Å². The molecule has 1 heterocycles. The van der Waals surface area contributed by atoms with Crippen molar-refractivity contribution in [2.75, 3.05) is 5.43 Å². The smallest absolute Gasteiger partial charge is 0.270 e. The molecule has 34 heavy (non-hydrogen) atoms. The predicted octanol–water partition coefficient (Wildman–Crippen LogP) is 5.13. The molecule has 0 saturated carbocycles. The molecule has 0 aliphatic rings. The van der Waals surface area contributed by atoms with Crippen molar-refractivity contribution < 1.29 is 9.13 Å². The molecule has 0 atom stereocenters. The van der Waals surface area contributed by atoms with Crippen molar-refractivity contribution in [3.63, 3.8) is 0 Å². The summed E-state index contributed by atoms with van der Waals surface area (Å²) >= 11 is 5.80. The second-order valence-electron chi connectivity index (χ2n) is 7.10. The van der Waals surface area contributed by atoms with Gasteiger partial charge >= 0.3 is 0 Å². The van der Waals surface area contributed by atoms with Crippen LogP contribution in [0.2, 0.25) is 5.02 Å². The van der Waals surface area contributed by atoms with Crippen LogP contribution in [0.5, 0.6) is 5.75 Å². The number of aromatic amines is 1. The number of nitrogens with zero attached hydrogens (tertiary/aromatic N) is 3. The average Bonchev–Trinajstić information content (AvgIpc) is 2.85. The molecule has 1 aromatic heterocycles. The third-order valence-corrected chi connectivity index (χ3v) is 5.00. The Bertz CT molecular complexity index is 1450. The highest BCUT2D eigenvalue weighted by atomic mass is 35.5. The fourth-order valence-corrected chi connectivity index (χ4v) is 3.29. The molecule has 4 aromatic rings. The third-order valence-electron chi connectivity index (χ3n) is 4.71. The highest BCUT2D eigenvalue weighted by Gasteiger charge is 2.12. The average molecular weight is 474 g/mol. The lowest BCUT2D eigenvalue weighted by Crippen LogP contribution is -2.16. The third kappa shape index (κ3) is 5.46. The SMILES string of the molecule is N#Cc1c(-c2ccccc2)nc(NN=Cc2cccc(OCc3ccc(F)c(Cl)c3)c2)[nH]c1=O. The molecule has 0 unspecified atom stereocenters. The molecular formula is C25H17ClFN5O2. The van der Waals surface area contributed by atoms with E-state index < -0.39 is 11.4 Å². The summed E-state index contributed by atoms with van der Waals surface area (Å²) in [5.74, 6) is 0.200. The first-order valence-corrected chi connectivity index (χ1v) is 10.5. The Balaban J connectivity index is 1.46. The van der Waals surface area contributed by atoms with Crippen LogP contribution in [0.4, 0.5) is 10.3 Å². The normalized spacial score (nSPS) is 10.7. The Hall–Kier alpha value is -4.48. The molecule has 0 amide bonds. The largest absolute Gasteiger partial charge is 0.489 e. The quantitative estimate of drug-likeness (QED) is 0.286. The summed E-state index contributed by atoms with van der Waals surface area (Å²) in [6, 6.07) is 22.4. The zero-order valence-electron chi connectivity index (χ0n) is 17.6. The molecule has 168 valence electrons. The van der Waals surface area contributed by atoms with Crippen molar-refractivity contribution in [2.45, 2.75) is 6.61 Å². The molecule has 7 nitrogen and oxygen atoms in total. The Morgan fingerprint density at radius 2 is 1.97 bits per heavy atom. The highest BCUT2D eigenvalue weighted by molar-refractivity contribution is 6.30. The van der Waals surface area contributed by atoms with Gasteiger partial charge in [0, 0.05) is 5.56 Å².